The SMILES string of the molecule is COc1ccc(C(=O)O[C@H]2[C@H](O[C@H]3CO[C@@H](O[C@H]4C=C5C[C@@H](O)CC[C@]5(C)[C@H]5CC[C@]6(C)[C@@H]([C@H](C)CCC[C@@H](C)CO)[C@@H](O)C[C@H]6[C@H]45)[C@H](OC(C)=O)[C@H]3O)OC[C@@H](O)[C@@H]2O)cc1. The van der Waals surface area contributed by atoms with Gasteiger partial charge in [0.2, 0.25) is 0 Å². The summed E-state index contributed by atoms with van der Waals surface area (Å²) in [6.07, 6.45) is -3.30. The Morgan fingerprint density at radius 2 is 1.55 bits per heavy atom. The lowest BCUT2D eigenvalue weighted by Gasteiger charge is -2.60. The van der Waals surface area contributed by atoms with Crippen LogP contribution in [0, 0.1) is 46.3 Å². The van der Waals surface area contributed by atoms with Crippen molar-refractivity contribution in [3.8, 4) is 5.75 Å². The number of aliphatic hydroxyl groups excluding tert-OH is 6. The first-order chi connectivity index (χ1) is 29.5. The molecule has 0 radical (unpaired) electrons. The van der Waals surface area contributed by atoms with Crippen LogP contribution >= 0.6 is 0 Å². The molecule has 19 atom stereocenters. The van der Waals surface area contributed by atoms with Crippen LogP contribution in [0.25, 0.3) is 0 Å². The van der Waals surface area contributed by atoms with Gasteiger partial charge in [-0.05, 0) is 116 Å². The first-order valence-electron chi connectivity index (χ1n) is 22.8. The van der Waals surface area contributed by atoms with Gasteiger partial charge in [0.1, 0.15) is 30.2 Å². The highest BCUT2D eigenvalue weighted by molar-refractivity contribution is 5.89. The zero-order valence-electron chi connectivity index (χ0n) is 37.0. The van der Waals surface area contributed by atoms with Crippen molar-refractivity contribution in [2.45, 2.75) is 160 Å². The molecule has 0 spiro atoms. The third-order valence-corrected chi connectivity index (χ3v) is 15.8. The van der Waals surface area contributed by atoms with Gasteiger partial charge in [0.15, 0.2) is 24.8 Å². The Hall–Kier alpha value is -2.70. The number of fused-ring (bicyclic) bond motifs is 5. The highest BCUT2D eigenvalue weighted by Crippen LogP contribution is 2.68. The molecule has 0 aromatic heterocycles. The maximum atomic E-state index is 13.2. The summed E-state index contributed by atoms with van der Waals surface area (Å²) in [5, 5.41) is 65.8. The summed E-state index contributed by atoms with van der Waals surface area (Å²) in [6.45, 7) is 9.72. The molecule has 348 valence electrons. The van der Waals surface area contributed by atoms with Crippen LogP contribution in [0.15, 0.2) is 35.9 Å². The number of hydrogen-bond donors (Lipinski definition) is 6. The van der Waals surface area contributed by atoms with E-state index in [4.69, 9.17) is 33.2 Å². The van der Waals surface area contributed by atoms with E-state index in [2.05, 4.69) is 33.8 Å². The molecule has 1 aromatic rings. The predicted molar refractivity (Wildman–Crippen MR) is 222 cm³/mol. The number of carbonyl (C=O) groups excluding carboxylic acids is 2. The molecule has 2 heterocycles. The number of carbonyl (C=O) groups is 2. The van der Waals surface area contributed by atoms with Crippen molar-refractivity contribution in [2.24, 2.45) is 46.3 Å². The number of ether oxygens (including phenoxy) is 7. The first kappa shape index (κ1) is 47.3. The summed E-state index contributed by atoms with van der Waals surface area (Å²) in [5.74, 6) is -0.190. The molecule has 6 N–H and O–H groups in total. The zero-order valence-corrected chi connectivity index (χ0v) is 37.0. The average Bonchev–Trinajstić information content (AvgIpc) is 3.52. The van der Waals surface area contributed by atoms with Gasteiger partial charge < -0.3 is 63.8 Å². The second-order valence-electron chi connectivity index (χ2n) is 19.8. The summed E-state index contributed by atoms with van der Waals surface area (Å²) < 4.78 is 41.7. The van der Waals surface area contributed by atoms with Crippen molar-refractivity contribution in [3.63, 3.8) is 0 Å². The summed E-state index contributed by atoms with van der Waals surface area (Å²) in [7, 11) is 1.49. The molecule has 5 fully saturated rings. The lowest BCUT2D eigenvalue weighted by atomic mass is 9.46. The van der Waals surface area contributed by atoms with Crippen LogP contribution in [0.2, 0.25) is 0 Å². The summed E-state index contributed by atoms with van der Waals surface area (Å²) in [4.78, 5) is 25.8. The molecule has 0 unspecified atom stereocenters. The second-order valence-corrected chi connectivity index (χ2v) is 19.8. The highest BCUT2D eigenvalue weighted by atomic mass is 16.7. The van der Waals surface area contributed by atoms with Crippen molar-refractivity contribution in [3.05, 3.63) is 41.5 Å². The number of methoxy groups -OCH3 is 1. The minimum absolute atomic E-state index is 0.0450. The Balaban J connectivity index is 1.12. The molecule has 62 heavy (non-hydrogen) atoms. The van der Waals surface area contributed by atoms with E-state index in [-0.39, 0.29) is 71.7 Å². The van der Waals surface area contributed by atoms with Crippen LogP contribution in [-0.4, -0.2) is 137 Å². The van der Waals surface area contributed by atoms with Gasteiger partial charge in [0.05, 0.1) is 44.2 Å². The van der Waals surface area contributed by atoms with E-state index in [0.717, 1.165) is 44.1 Å². The molecule has 15 nitrogen and oxygen atoms in total. The standard InChI is InChI=1S/C47H70O15/c1-24(21-48)8-7-9-25(2)38-33(51)20-32-37-31(15-17-47(32,38)5)46(4)16-14-29(50)18-28(46)19-35(37)60-45-42(59-26(3)49)40(54)36(23-58-45)61-44-41(39(53)34(52)22-57-44)62-43(55)27-10-12-30(56-6)13-11-27/h10-13,19,24-25,29,31-42,44-45,48,50-54H,7-9,14-18,20-23H2,1-6H3/t24-,25-,29+,31+,32+,33+,34-,35+,36+,37-,38+,39+,40+,41-,42-,44+,45+,46+,47+/m1/s1. The normalized spacial score (nSPS) is 42.6. The van der Waals surface area contributed by atoms with Crippen molar-refractivity contribution in [1.29, 1.82) is 0 Å². The van der Waals surface area contributed by atoms with Crippen LogP contribution < -0.4 is 4.74 Å². The van der Waals surface area contributed by atoms with Crippen molar-refractivity contribution < 1.29 is 73.4 Å². The van der Waals surface area contributed by atoms with Gasteiger partial charge in [0.25, 0.3) is 0 Å². The van der Waals surface area contributed by atoms with Crippen molar-refractivity contribution in [2.75, 3.05) is 26.9 Å². The van der Waals surface area contributed by atoms with Gasteiger partial charge in [-0.2, -0.15) is 0 Å². The Labute approximate surface area is 365 Å². The van der Waals surface area contributed by atoms with Crippen molar-refractivity contribution in [1.82, 2.24) is 0 Å². The summed E-state index contributed by atoms with van der Waals surface area (Å²) in [6, 6.07) is 6.11. The number of benzene rings is 1. The van der Waals surface area contributed by atoms with Crippen LogP contribution in [0.1, 0.15) is 103 Å². The van der Waals surface area contributed by atoms with E-state index >= 15 is 0 Å². The van der Waals surface area contributed by atoms with Crippen LogP contribution in [0.4, 0.5) is 0 Å². The maximum Gasteiger partial charge on any atom is 0.338 e. The Morgan fingerprint density at radius 1 is 0.855 bits per heavy atom. The largest absolute Gasteiger partial charge is 0.497 e. The molecule has 0 bridgehead atoms. The molecule has 6 aliphatic rings. The minimum atomic E-state index is -1.60. The van der Waals surface area contributed by atoms with E-state index in [0.29, 0.717) is 25.0 Å². The number of rotatable bonds is 14. The fraction of sp³-hybridized carbons (Fsp3) is 0.787. The molecule has 2 saturated heterocycles. The Bertz CT molecular complexity index is 1720. The molecular formula is C47H70O15. The topological polar surface area (TPSA) is 220 Å². The Kier molecular flexibility index (Phi) is 14.8. The van der Waals surface area contributed by atoms with E-state index < -0.39 is 79.5 Å². The van der Waals surface area contributed by atoms with E-state index in [9.17, 15) is 40.2 Å². The van der Waals surface area contributed by atoms with Crippen LogP contribution in [-0.2, 0) is 33.2 Å². The van der Waals surface area contributed by atoms with Gasteiger partial charge in [-0.1, -0.05) is 52.2 Å². The summed E-state index contributed by atoms with van der Waals surface area (Å²) in [5.41, 5.74) is 0.911. The molecule has 15 heteroatoms. The van der Waals surface area contributed by atoms with Crippen molar-refractivity contribution >= 4 is 11.9 Å². The predicted octanol–water partition coefficient (Wildman–Crippen LogP) is 3.67. The quantitative estimate of drug-likeness (QED) is 0.116. The number of esters is 2. The minimum Gasteiger partial charge on any atom is -0.497 e. The third-order valence-electron chi connectivity index (χ3n) is 15.8. The molecule has 0 amide bonds. The fourth-order valence-electron chi connectivity index (χ4n) is 12.4. The Morgan fingerprint density at radius 3 is 2.24 bits per heavy atom. The van der Waals surface area contributed by atoms with Gasteiger partial charge in [-0.3, -0.25) is 4.79 Å². The van der Waals surface area contributed by atoms with Gasteiger partial charge in [-0.15, -0.1) is 0 Å². The highest BCUT2D eigenvalue weighted by Gasteiger charge is 2.64. The smallest absolute Gasteiger partial charge is 0.338 e. The van der Waals surface area contributed by atoms with Crippen LogP contribution in [0.5, 0.6) is 5.75 Å². The lowest BCUT2D eigenvalue weighted by Crippen LogP contribution is -2.62. The molecule has 1 aromatic carbocycles. The zero-order chi connectivity index (χ0) is 44.7. The number of hydrogen-bond acceptors (Lipinski definition) is 15. The molecule has 3 saturated carbocycles. The van der Waals surface area contributed by atoms with E-state index in [1.807, 2.05) is 0 Å². The van der Waals surface area contributed by atoms with Crippen LogP contribution in [0.3, 0.4) is 0 Å². The van der Waals surface area contributed by atoms with Gasteiger partial charge >= 0.3 is 11.9 Å². The molecule has 7 rings (SSSR count). The monoisotopic (exact) mass is 874 g/mol. The van der Waals surface area contributed by atoms with E-state index in [1.165, 1.54) is 26.2 Å². The molecule has 4 aliphatic carbocycles. The second kappa shape index (κ2) is 19.4. The van der Waals surface area contributed by atoms with E-state index in [1.54, 1.807) is 12.1 Å². The molecule has 2 aliphatic heterocycles. The lowest BCUT2D eigenvalue weighted by molar-refractivity contribution is -0.334. The number of aliphatic hydroxyl groups is 6. The van der Waals surface area contributed by atoms with Gasteiger partial charge in [0, 0.05) is 13.5 Å². The summed E-state index contributed by atoms with van der Waals surface area (Å²) >= 11 is 0. The first-order valence-corrected chi connectivity index (χ1v) is 22.8. The third kappa shape index (κ3) is 9.36. The average molecular weight is 875 g/mol. The fourth-order valence-corrected chi connectivity index (χ4v) is 12.4. The van der Waals surface area contributed by atoms with Gasteiger partial charge in [-0.25, -0.2) is 4.79 Å². The maximum absolute atomic E-state index is 13.2. The molecular weight excluding hydrogens is 805 g/mol.